The Morgan fingerprint density at radius 3 is 2.60 bits per heavy atom. The van der Waals surface area contributed by atoms with Crippen molar-refractivity contribution in [3.63, 3.8) is 0 Å². The molecule has 4 N–H and O–H groups in total. The standard InChI is InChI=1S/C18H15ClN4O2/c1-9(10-6-7-13-14(8-10)23-18(25)22-13)20-17(24)16-15(19)11-4-2-3-5-12(11)21-16/h2-9,21H,1H3,(H,20,24)(H2,22,23,25). The fourth-order valence-corrected chi connectivity index (χ4v) is 3.23. The van der Waals surface area contributed by atoms with Gasteiger partial charge in [-0.1, -0.05) is 35.9 Å². The number of halogens is 1. The molecule has 0 aliphatic carbocycles. The molecule has 0 radical (unpaired) electrons. The first-order chi connectivity index (χ1) is 12.0. The zero-order chi connectivity index (χ0) is 17.6. The molecule has 0 spiro atoms. The number of nitrogens with one attached hydrogen (secondary N) is 4. The van der Waals surface area contributed by atoms with Crippen LogP contribution in [0.3, 0.4) is 0 Å². The summed E-state index contributed by atoms with van der Waals surface area (Å²) in [4.78, 5) is 32.4. The highest BCUT2D eigenvalue weighted by molar-refractivity contribution is 6.38. The summed E-state index contributed by atoms with van der Waals surface area (Å²) in [7, 11) is 0. The van der Waals surface area contributed by atoms with E-state index in [4.69, 9.17) is 11.6 Å². The molecule has 25 heavy (non-hydrogen) atoms. The number of hydrogen-bond donors (Lipinski definition) is 4. The van der Waals surface area contributed by atoms with Gasteiger partial charge in [0.1, 0.15) is 5.69 Å². The van der Waals surface area contributed by atoms with Gasteiger partial charge < -0.3 is 20.3 Å². The van der Waals surface area contributed by atoms with E-state index in [1.165, 1.54) is 0 Å². The number of benzene rings is 2. The van der Waals surface area contributed by atoms with Crippen molar-refractivity contribution in [3.8, 4) is 0 Å². The minimum Gasteiger partial charge on any atom is -0.349 e. The van der Waals surface area contributed by atoms with Crippen molar-refractivity contribution < 1.29 is 4.79 Å². The topological polar surface area (TPSA) is 93.5 Å². The van der Waals surface area contributed by atoms with E-state index in [0.29, 0.717) is 16.2 Å². The quantitative estimate of drug-likeness (QED) is 0.453. The molecule has 2 heterocycles. The van der Waals surface area contributed by atoms with Gasteiger partial charge in [-0.15, -0.1) is 0 Å². The molecule has 2 aromatic heterocycles. The van der Waals surface area contributed by atoms with Crippen molar-refractivity contribution in [1.82, 2.24) is 20.3 Å². The van der Waals surface area contributed by atoms with Gasteiger partial charge in [-0.2, -0.15) is 0 Å². The van der Waals surface area contributed by atoms with Crippen molar-refractivity contribution in [2.24, 2.45) is 0 Å². The molecule has 2 aromatic carbocycles. The highest BCUT2D eigenvalue weighted by Gasteiger charge is 2.18. The molecule has 0 aliphatic heterocycles. The Labute approximate surface area is 147 Å². The highest BCUT2D eigenvalue weighted by Crippen LogP contribution is 2.27. The van der Waals surface area contributed by atoms with Crippen molar-refractivity contribution >= 4 is 39.4 Å². The maximum absolute atomic E-state index is 12.6. The summed E-state index contributed by atoms with van der Waals surface area (Å²) in [6.45, 7) is 1.88. The highest BCUT2D eigenvalue weighted by atomic mass is 35.5. The number of para-hydroxylation sites is 1. The molecule has 1 unspecified atom stereocenters. The van der Waals surface area contributed by atoms with Crippen LogP contribution in [0.4, 0.5) is 0 Å². The van der Waals surface area contributed by atoms with Crippen LogP contribution in [0.5, 0.6) is 0 Å². The van der Waals surface area contributed by atoms with Crippen molar-refractivity contribution in [1.29, 1.82) is 0 Å². The Morgan fingerprint density at radius 1 is 1.04 bits per heavy atom. The zero-order valence-corrected chi connectivity index (χ0v) is 14.1. The van der Waals surface area contributed by atoms with Gasteiger partial charge in [0.2, 0.25) is 0 Å². The summed E-state index contributed by atoms with van der Waals surface area (Å²) in [5, 5.41) is 4.15. The van der Waals surface area contributed by atoms with E-state index >= 15 is 0 Å². The Kier molecular flexibility index (Phi) is 3.62. The molecule has 7 heteroatoms. The van der Waals surface area contributed by atoms with E-state index in [1.54, 1.807) is 6.07 Å². The lowest BCUT2D eigenvalue weighted by Crippen LogP contribution is -2.27. The van der Waals surface area contributed by atoms with Gasteiger partial charge in [-0.05, 0) is 30.7 Å². The number of carbonyl (C=O) groups is 1. The molecular weight excluding hydrogens is 340 g/mol. The van der Waals surface area contributed by atoms with E-state index in [0.717, 1.165) is 22.0 Å². The second-order valence-electron chi connectivity index (χ2n) is 5.94. The number of H-pyrrole nitrogens is 3. The van der Waals surface area contributed by atoms with Crippen LogP contribution in [0.1, 0.15) is 29.0 Å². The molecule has 126 valence electrons. The Balaban J connectivity index is 1.61. The number of amides is 1. The maximum atomic E-state index is 12.6. The molecule has 6 nitrogen and oxygen atoms in total. The number of rotatable bonds is 3. The minimum absolute atomic E-state index is 0.252. The fourth-order valence-electron chi connectivity index (χ4n) is 2.94. The van der Waals surface area contributed by atoms with Gasteiger partial charge in [0.15, 0.2) is 0 Å². The zero-order valence-electron chi connectivity index (χ0n) is 13.3. The Hall–Kier alpha value is -2.99. The van der Waals surface area contributed by atoms with Gasteiger partial charge in [-0.3, -0.25) is 4.79 Å². The lowest BCUT2D eigenvalue weighted by molar-refractivity contribution is 0.0936. The van der Waals surface area contributed by atoms with Gasteiger partial charge in [-0.25, -0.2) is 4.79 Å². The molecule has 1 atom stereocenters. The molecule has 0 saturated carbocycles. The number of carbonyl (C=O) groups excluding carboxylic acids is 1. The van der Waals surface area contributed by atoms with Crippen molar-refractivity contribution in [2.75, 3.05) is 0 Å². The van der Waals surface area contributed by atoms with Crippen LogP contribution in [-0.2, 0) is 0 Å². The molecular formula is C18H15ClN4O2. The third kappa shape index (κ3) is 2.70. The number of aromatic nitrogens is 3. The number of imidazole rings is 1. The summed E-state index contributed by atoms with van der Waals surface area (Å²) in [6.07, 6.45) is 0. The van der Waals surface area contributed by atoms with Crippen LogP contribution in [0.2, 0.25) is 5.02 Å². The van der Waals surface area contributed by atoms with Gasteiger partial charge in [0.25, 0.3) is 5.91 Å². The number of hydrogen-bond acceptors (Lipinski definition) is 2. The van der Waals surface area contributed by atoms with Gasteiger partial charge in [0.05, 0.1) is 22.1 Å². The third-order valence-electron chi connectivity index (χ3n) is 4.26. The van der Waals surface area contributed by atoms with Crippen molar-refractivity contribution in [3.05, 3.63) is 69.2 Å². The van der Waals surface area contributed by atoms with E-state index < -0.39 is 0 Å². The predicted molar refractivity (Wildman–Crippen MR) is 98.1 cm³/mol. The summed E-state index contributed by atoms with van der Waals surface area (Å²) in [5.74, 6) is -0.281. The van der Waals surface area contributed by atoms with Gasteiger partial charge >= 0.3 is 5.69 Å². The van der Waals surface area contributed by atoms with E-state index in [9.17, 15) is 9.59 Å². The smallest absolute Gasteiger partial charge is 0.323 e. The minimum atomic E-state index is -0.281. The largest absolute Gasteiger partial charge is 0.349 e. The van der Waals surface area contributed by atoms with Crippen molar-refractivity contribution in [2.45, 2.75) is 13.0 Å². The first-order valence-corrected chi connectivity index (χ1v) is 8.20. The molecule has 4 rings (SSSR count). The summed E-state index contributed by atoms with van der Waals surface area (Å²) in [5.41, 5.74) is 3.21. The SMILES string of the molecule is CC(NC(=O)c1[nH]c2ccccc2c1Cl)c1ccc2[nH]c(=O)[nH]c2c1. The second-order valence-corrected chi connectivity index (χ2v) is 6.32. The molecule has 0 bridgehead atoms. The molecule has 4 aromatic rings. The monoisotopic (exact) mass is 354 g/mol. The molecule has 0 fully saturated rings. The summed E-state index contributed by atoms with van der Waals surface area (Å²) in [6, 6.07) is 12.8. The average molecular weight is 355 g/mol. The normalized spacial score (nSPS) is 12.6. The van der Waals surface area contributed by atoms with Crippen LogP contribution in [0, 0.1) is 0 Å². The number of fused-ring (bicyclic) bond motifs is 2. The fraction of sp³-hybridized carbons (Fsp3) is 0.111. The first-order valence-electron chi connectivity index (χ1n) is 7.82. The van der Waals surface area contributed by atoms with E-state index in [2.05, 4.69) is 20.3 Å². The molecule has 1 amide bonds. The lowest BCUT2D eigenvalue weighted by Gasteiger charge is -2.14. The second kappa shape index (κ2) is 5.82. The van der Waals surface area contributed by atoms with Crippen LogP contribution >= 0.6 is 11.6 Å². The maximum Gasteiger partial charge on any atom is 0.323 e. The first kappa shape index (κ1) is 15.5. The third-order valence-corrected chi connectivity index (χ3v) is 4.65. The Morgan fingerprint density at radius 2 is 1.80 bits per heavy atom. The molecule has 0 saturated heterocycles. The van der Waals surface area contributed by atoms with Crippen LogP contribution < -0.4 is 11.0 Å². The van der Waals surface area contributed by atoms with Gasteiger partial charge in [0, 0.05) is 10.9 Å². The van der Waals surface area contributed by atoms with Crippen LogP contribution in [-0.4, -0.2) is 20.9 Å². The summed E-state index contributed by atoms with van der Waals surface area (Å²) >= 11 is 6.33. The van der Waals surface area contributed by atoms with Crippen LogP contribution in [0.25, 0.3) is 21.9 Å². The number of aromatic amines is 3. The lowest BCUT2D eigenvalue weighted by atomic mass is 10.1. The average Bonchev–Trinajstić information content (AvgIpc) is 3.13. The predicted octanol–water partition coefficient (Wildman–Crippen LogP) is 3.48. The van der Waals surface area contributed by atoms with E-state index in [-0.39, 0.29) is 17.6 Å². The molecule has 0 aliphatic rings. The van der Waals surface area contributed by atoms with Crippen LogP contribution in [0.15, 0.2) is 47.3 Å². The van der Waals surface area contributed by atoms with E-state index in [1.807, 2.05) is 43.3 Å². The summed E-state index contributed by atoms with van der Waals surface area (Å²) < 4.78 is 0. The Bertz CT molecular complexity index is 1150.